The van der Waals surface area contributed by atoms with Crippen molar-refractivity contribution in [3.63, 3.8) is 0 Å². The maximum absolute atomic E-state index is 13.6. The normalized spacial score (nSPS) is 15.2. The Balaban J connectivity index is 1.40. The van der Waals surface area contributed by atoms with Crippen LogP contribution in [0.2, 0.25) is 0 Å². The van der Waals surface area contributed by atoms with Gasteiger partial charge >= 0.3 is 0 Å². The van der Waals surface area contributed by atoms with E-state index in [2.05, 4.69) is 53.8 Å². The molecule has 1 saturated heterocycles. The molecule has 5 rings (SSSR count). The highest BCUT2D eigenvalue weighted by Gasteiger charge is 2.33. The van der Waals surface area contributed by atoms with Crippen molar-refractivity contribution in [2.45, 2.75) is 26.6 Å². The first-order chi connectivity index (χ1) is 19.5. The molecular weight excluding hydrogens is 631 g/mol. The molecule has 1 fully saturated rings. The van der Waals surface area contributed by atoms with E-state index in [0.717, 1.165) is 25.8 Å². The fourth-order valence-corrected chi connectivity index (χ4v) is 5.98. The van der Waals surface area contributed by atoms with E-state index >= 15 is 0 Å². The molecule has 40 heavy (non-hydrogen) atoms. The first-order valence-electron chi connectivity index (χ1n) is 12.9. The Morgan fingerprint density at radius 1 is 0.900 bits per heavy atom. The van der Waals surface area contributed by atoms with E-state index in [1.165, 1.54) is 17.3 Å². The maximum atomic E-state index is 13.6. The molecule has 0 aromatic heterocycles. The van der Waals surface area contributed by atoms with Gasteiger partial charge in [-0.1, -0.05) is 90.5 Å². The van der Waals surface area contributed by atoms with Gasteiger partial charge in [0.25, 0.3) is 5.91 Å². The van der Waals surface area contributed by atoms with E-state index in [0.29, 0.717) is 41.3 Å². The van der Waals surface area contributed by atoms with Crippen molar-refractivity contribution in [2.75, 3.05) is 7.11 Å². The van der Waals surface area contributed by atoms with Crippen molar-refractivity contribution in [3.05, 3.63) is 133 Å². The molecule has 5 nitrogen and oxygen atoms in total. The smallest absolute Gasteiger partial charge is 0.267 e. The quantitative estimate of drug-likeness (QED) is 0.136. The summed E-state index contributed by atoms with van der Waals surface area (Å²) in [6.07, 6.45) is 1.91. The molecule has 4 aromatic carbocycles. The highest BCUT2D eigenvalue weighted by molar-refractivity contribution is 14.1. The van der Waals surface area contributed by atoms with E-state index in [1.807, 2.05) is 78.9 Å². The van der Waals surface area contributed by atoms with Crippen molar-refractivity contribution < 1.29 is 14.3 Å². The Morgan fingerprint density at radius 2 is 1.57 bits per heavy atom. The Kier molecular flexibility index (Phi) is 9.23. The van der Waals surface area contributed by atoms with Crippen molar-refractivity contribution in [2.24, 2.45) is 4.99 Å². The van der Waals surface area contributed by atoms with E-state index in [-0.39, 0.29) is 5.91 Å². The number of hydrogen-bond donors (Lipinski definition) is 0. The van der Waals surface area contributed by atoms with Crippen LogP contribution in [0.5, 0.6) is 11.5 Å². The summed E-state index contributed by atoms with van der Waals surface area (Å²) in [5.74, 6) is 1.25. The standard InChI is InChI=1S/C33H29IN2O3S/c1-23-13-15-26(16-14-23)22-39-31-28(34)17-27(18-29(31)38-2)19-30-32(37)36(21-25-11-7-4-8-12-25)33(40-30)35-20-24-9-5-3-6-10-24/h3-19H,20-22H2,1-2H3/b30-19-,35-33?. The SMILES string of the molecule is COc1cc(/C=C2\SC(=NCc3ccccc3)N(Cc3ccccc3)C2=O)cc(I)c1OCc1ccc(C)cc1. The number of aryl methyl sites for hydroxylation is 1. The molecular formula is C33H29IN2O3S. The van der Waals surface area contributed by atoms with Crippen LogP contribution < -0.4 is 9.47 Å². The number of carbonyl (C=O) groups is 1. The summed E-state index contributed by atoms with van der Waals surface area (Å²) in [7, 11) is 1.63. The van der Waals surface area contributed by atoms with Crippen molar-refractivity contribution >= 4 is 51.5 Å². The number of hydrogen-bond acceptors (Lipinski definition) is 5. The third-order valence-electron chi connectivity index (χ3n) is 6.36. The molecule has 0 radical (unpaired) electrons. The van der Waals surface area contributed by atoms with Crippen LogP contribution >= 0.6 is 34.4 Å². The van der Waals surface area contributed by atoms with Crippen LogP contribution in [0, 0.1) is 10.5 Å². The van der Waals surface area contributed by atoms with Gasteiger partial charge in [0, 0.05) is 0 Å². The molecule has 0 unspecified atom stereocenters. The Bertz CT molecular complexity index is 1540. The molecule has 0 bridgehead atoms. The second-order valence-electron chi connectivity index (χ2n) is 9.38. The van der Waals surface area contributed by atoms with E-state index in [1.54, 1.807) is 12.0 Å². The van der Waals surface area contributed by atoms with Crippen molar-refractivity contribution in [3.8, 4) is 11.5 Å². The summed E-state index contributed by atoms with van der Waals surface area (Å²) in [5, 5.41) is 0.698. The first kappa shape index (κ1) is 28.0. The second kappa shape index (κ2) is 13.2. The number of benzene rings is 4. The molecule has 0 N–H and O–H groups in total. The van der Waals surface area contributed by atoms with Gasteiger partial charge in [-0.15, -0.1) is 0 Å². The fourth-order valence-electron chi connectivity index (χ4n) is 4.23. The van der Waals surface area contributed by atoms with Crippen LogP contribution in [0.3, 0.4) is 0 Å². The lowest BCUT2D eigenvalue weighted by atomic mass is 10.1. The molecule has 0 aliphatic carbocycles. The third-order valence-corrected chi connectivity index (χ3v) is 8.21. The zero-order valence-corrected chi connectivity index (χ0v) is 25.3. The highest BCUT2D eigenvalue weighted by atomic mass is 127. The number of thioether (sulfide) groups is 1. The lowest BCUT2D eigenvalue weighted by molar-refractivity contribution is -0.122. The van der Waals surface area contributed by atoms with Gasteiger partial charge in [0.2, 0.25) is 0 Å². The monoisotopic (exact) mass is 660 g/mol. The van der Waals surface area contributed by atoms with Crippen LogP contribution in [-0.2, 0) is 24.5 Å². The zero-order valence-electron chi connectivity index (χ0n) is 22.3. The summed E-state index contributed by atoms with van der Waals surface area (Å²) in [6, 6.07) is 32.3. The molecule has 1 amide bonds. The topological polar surface area (TPSA) is 51.1 Å². The van der Waals surface area contributed by atoms with Gasteiger partial charge in [0.1, 0.15) is 6.61 Å². The van der Waals surface area contributed by atoms with Crippen molar-refractivity contribution in [1.82, 2.24) is 4.90 Å². The van der Waals surface area contributed by atoms with Crippen LogP contribution in [0.15, 0.2) is 107 Å². The number of nitrogens with zero attached hydrogens (tertiary/aromatic N) is 2. The van der Waals surface area contributed by atoms with Crippen molar-refractivity contribution in [1.29, 1.82) is 0 Å². The number of methoxy groups -OCH3 is 1. The lowest BCUT2D eigenvalue weighted by Crippen LogP contribution is -2.28. The minimum atomic E-state index is -0.0608. The molecule has 1 aliphatic rings. The second-order valence-corrected chi connectivity index (χ2v) is 11.6. The minimum Gasteiger partial charge on any atom is -0.493 e. The Morgan fingerprint density at radius 3 is 2.25 bits per heavy atom. The first-order valence-corrected chi connectivity index (χ1v) is 14.8. The summed E-state index contributed by atoms with van der Waals surface area (Å²) in [4.78, 5) is 20.8. The molecule has 0 spiro atoms. The van der Waals surface area contributed by atoms with E-state index < -0.39 is 0 Å². The molecule has 4 aromatic rings. The number of ether oxygens (including phenoxy) is 2. The zero-order chi connectivity index (χ0) is 27.9. The predicted octanol–water partition coefficient (Wildman–Crippen LogP) is 7.86. The fraction of sp³-hybridized carbons (Fsp3) is 0.152. The van der Waals surface area contributed by atoms with Gasteiger partial charge in [0.05, 0.1) is 28.7 Å². The summed E-state index contributed by atoms with van der Waals surface area (Å²) < 4.78 is 12.8. The minimum absolute atomic E-state index is 0.0608. The molecule has 0 saturated carbocycles. The maximum Gasteiger partial charge on any atom is 0.267 e. The third kappa shape index (κ3) is 6.95. The van der Waals surface area contributed by atoms with Crippen LogP contribution in [0.1, 0.15) is 27.8 Å². The van der Waals surface area contributed by atoms with Gasteiger partial charge in [-0.3, -0.25) is 14.7 Å². The highest BCUT2D eigenvalue weighted by Crippen LogP contribution is 2.38. The molecule has 1 heterocycles. The van der Waals surface area contributed by atoms with Gasteiger partial charge in [0.15, 0.2) is 16.7 Å². The molecule has 7 heteroatoms. The largest absolute Gasteiger partial charge is 0.493 e. The number of amides is 1. The molecule has 202 valence electrons. The van der Waals surface area contributed by atoms with Gasteiger partial charge in [-0.25, -0.2) is 0 Å². The Labute approximate surface area is 253 Å². The van der Waals surface area contributed by atoms with Gasteiger partial charge in [-0.2, -0.15) is 0 Å². The number of amidine groups is 1. The van der Waals surface area contributed by atoms with E-state index in [9.17, 15) is 4.79 Å². The average molecular weight is 661 g/mol. The number of aliphatic imine (C=N–C) groups is 1. The van der Waals surface area contributed by atoms with Gasteiger partial charge in [-0.05, 0) is 81.7 Å². The summed E-state index contributed by atoms with van der Waals surface area (Å²) in [5.41, 5.74) is 5.31. The van der Waals surface area contributed by atoms with Crippen LogP contribution in [0.4, 0.5) is 0 Å². The predicted molar refractivity (Wildman–Crippen MR) is 171 cm³/mol. The summed E-state index contributed by atoms with van der Waals surface area (Å²) in [6.45, 7) is 3.48. The lowest BCUT2D eigenvalue weighted by Gasteiger charge is -2.16. The van der Waals surface area contributed by atoms with E-state index in [4.69, 9.17) is 14.5 Å². The Hall–Kier alpha value is -3.56. The number of carbonyl (C=O) groups excluding carboxylic acids is 1. The molecule has 1 aliphatic heterocycles. The van der Waals surface area contributed by atoms with Crippen LogP contribution in [-0.4, -0.2) is 23.1 Å². The number of halogens is 1. The number of rotatable bonds is 9. The molecule has 0 atom stereocenters. The van der Waals surface area contributed by atoms with Crippen LogP contribution in [0.25, 0.3) is 6.08 Å². The van der Waals surface area contributed by atoms with Gasteiger partial charge < -0.3 is 9.47 Å². The average Bonchev–Trinajstić information content (AvgIpc) is 3.26. The summed E-state index contributed by atoms with van der Waals surface area (Å²) >= 11 is 3.66.